The summed E-state index contributed by atoms with van der Waals surface area (Å²) >= 11 is 0. The van der Waals surface area contributed by atoms with Crippen molar-refractivity contribution in [1.29, 1.82) is 0 Å². The maximum atomic E-state index is 5.90. The van der Waals surface area contributed by atoms with Crippen molar-refractivity contribution in [3.8, 4) is 11.6 Å². The van der Waals surface area contributed by atoms with Gasteiger partial charge < -0.3 is 14.4 Å². The number of fused-ring (bicyclic) bond motifs is 1. The molecule has 0 radical (unpaired) electrons. The number of hydrogen-bond donors (Lipinski definition) is 0. The summed E-state index contributed by atoms with van der Waals surface area (Å²) in [6, 6.07) is 10.6. The van der Waals surface area contributed by atoms with E-state index in [1.54, 1.807) is 19.5 Å². The first-order valence-electron chi connectivity index (χ1n) is 9.37. The van der Waals surface area contributed by atoms with Gasteiger partial charge >= 0.3 is 0 Å². The van der Waals surface area contributed by atoms with Crippen LogP contribution in [0, 0.1) is 5.92 Å². The molecule has 26 heavy (non-hydrogen) atoms. The molecule has 138 valence electrons. The summed E-state index contributed by atoms with van der Waals surface area (Å²) in [5, 5.41) is 0. The summed E-state index contributed by atoms with van der Waals surface area (Å²) in [6.45, 7) is 4.83. The molecule has 6 heteroatoms. The minimum atomic E-state index is 0.551. The second-order valence-corrected chi connectivity index (χ2v) is 6.94. The number of aromatic nitrogens is 2. The monoisotopic (exact) mass is 354 g/mol. The summed E-state index contributed by atoms with van der Waals surface area (Å²) in [5.41, 5.74) is 0. The number of rotatable bonds is 6. The first kappa shape index (κ1) is 17.1. The standard InChI is InChI=1S/C20H26N4O2/c1-25-20-19(21-9-10-22-20)24-12-8-16-7-11-23(18(16)15-24)13-14-26-17-5-3-2-4-6-17/h2-6,9-10,16,18H,7-8,11-15H2,1H3. The summed E-state index contributed by atoms with van der Waals surface area (Å²) in [6.07, 6.45) is 5.89. The van der Waals surface area contributed by atoms with Crippen molar-refractivity contribution >= 4 is 5.82 Å². The van der Waals surface area contributed by atoms with E-state index >= 15 is 0 Å². The van der Waals surface area contributed by atoms with Gasteiger partial charge in [0.25, 0.3) is 5.88 Å². The third kappa shape index (κ3) is 3.60. The molecule has 2 fully saturated rings. The predicted octanol–water partition coefficient (Wildman–Crippen LogP) is 2.46. The molecule has 1 aromatic heterocycles. The fraction of sp³-hybridized carbons (Fsp3) is 0.500. The van der Waals surface area contributed by atoms with Gasteiger partial charge in [0.1, 0.15) is 12.4 Å². The van der Waals surface area contributed by atoms with Crippen molar-refractivity contribution in [3.63, 3.8) is 0 Å². The van der Waals surface area contributed by atoms with E-state index in [9.17, 15) is 0 Å². The van der Waals surface area contributed by atoms with Gasteiger partial charge in [-0.1, -0.05) is 18.2 Å². The first-order valence-corrected chi connectivity index (χ1v) is 9.37. The van der Waals surface area contributed by atoms with E-state index in [1.807, 2.05) is 30.3 Å². The number of nitrogens with zero attached hydrogens (tertiary/aromatic N) is 4. The van der Waals surface area contributed by atoms with Crippen LogP contribution in [0.5, 0.6) is 11.6 Å². The van der Waals surface area contributed by atoms with Crippen LogP contribution in [0.3, 0.4) is 0 Å². The largest absolute Gasteiger partial charge is 0.492 e. The molecule has 3 heterocycles. The molecule has 0 saturated carbocycles. The number of piperidine rings is 1. The Morgan fingerprint density at radius 2 is 1.88 bits per heavy atom. The fourth-order valence-corrected chi connectivity index (χ4v) is 4.17. The van der Waals surface area contributed by atoms with Crippen molar-refractivity contribution in [2.45, 2.75) is 18.9 Å². The molecule has 6 nitrogen and oxygen atoms in total. The topological polar surface area (TPSA) is 50.7 Å². The average Bonchev–Trinajstić information content (AvgIpc) is 3.11. The minimum absolute atomic E-state index is 0.551. The van der Waals surface area contributed by atoms with Crippen LogP contribution < -0.4 is 14.4 Å². The predicted molar refractivity (Wildman–Crippen MR) is 101 cm³/mol. The third-order valence-electron chi connectivity index (χ3n) is 5.51. The lowest BCUT2D eigenvalue weighted by Crippen LogP contribution is -2.49. The second-order valence-electron chi connectivity index (χ2n) is 6.94. The number of benzene rings is 1. The zero-order valence-corrected chi connectivity index (χ0v) is 15.3. The molecular formula is C20H26N4O2. The van der Waals surface area contributed by atoms with Gasteiger partial charge in [0, 0.05) is 38.1 Å². The lowest BCUT2D eigenvalue weighted by molar-refractivity contribution is 0.171. The van der Waals surface area contributed by atoms with Crippen LogP contribution in [0.15, 0.2) is 42.7 Å². The first-order chi connectivity index (χ1) is 12.8. The van der Waals surface area contributed by atoms with Gasteiger partial charge in [-0.25, -0.2) is 9.97 Å². The zero-order valence-electron chi connectivity index (χ0n) is 15.3. The quantitative estimate of drug-likeness (QED) is 0.794. The Morgan fingerprint density at radius 3 is 2.73 bits per heavy atom. The van der Waals surface area contributed by atoms with Gasteiger partial charge in [-0.2, -0.15) is 0 Å². The van der Waals surface area contributed by atoms with Crippen molar-refractivity contribution < 1.29 is 9.47 Å². The molecule has 2 aromatic rings. The lowest BCUT2D eigenvalue weighted by atomic mass is 9.92. The highest BCUT2D eigenvalue weighted by Gasteiger charge is 2.39. The molecule has 2 aliphatic rings. The molecule has 0 bridgehead atoms. The normalized spacial score (nSPS) is 22.9. The van der Waals surface area contributed by atoms with Crippen molar-refractivity contribution in [2.24, 2.45) is 5.92 Å². The van der Waals surface area contributed by atoms with E-state index in [-0.39, 0.29) is 0 Å². The number of ether oxygens (including phenoxy) is 2. The van der Waals surface area contributed by atoms with Crippen LogP contribution >= 0.6 is 0 Å². The Bertz CT molecular complexity index is 712. The number of hydrogen-bond acceptors (Lipinski definition) is 6. The minimum Gasteiger partial charge on any atom is -0.492 e. The van der Waals surface area contributed by atoms with Crippen molar-refractivity contribution in [1.82, 2.24) is 14.9 Å². The van der Waals surface area contributed by atoms with Crippen LogP contribution in [-0.2, 0) is 0 Å². The highest BCUT2D eigenvalue weighted by atomic mass is 16.5. The van der Waals surface area contributed by atoms with Crippen LogP contribution in [-0.4, -0.2) is 60.8 Å². The smallest absolute Gasteiger partial charge is 0.257 e. The summed E-state index contributed by atoms with van der Waals surface area (Å²) in [5.74, 6) is 3.19. The maximum Gasteiger partial charge on any atom is 0.257 e. The van der Waals surface area contributed by atoms with E-state index in [4.69, 9.17) is 9.47 Å². The Labute approximate surface area is 154 Å². The van der Waals surface area contributed by atoms with Crippen molar-refractivity contribution in [3.05, 3.63) is 42.7 Å². The van der Waals surface area contributed by atoms with Gasteiger partial charge in [-0.3, -0.25) is 4.90 Å². The van der Waals surface area contributed by atoms with Gasteiger partial charge in [-0.15, -0.1) is 0 Å². The molecule has 4 rings (SSSR count). The fourth-order valence-electron chi connectivity index (χ4n) is 4.17. The average molecular weight is 354 g/mol. The van der Waals surface area contributed by atoms with Gasteiger partial charge in [0.15, 0.2) is 5.82 Å². The molecule has 0 aliphatic carbocycles. The lowest BCUT2D eigenvalue weighted by Gasteiger charge is -2.39. The van der Waals surface area contributed by atoms with Gasteiger partial charge in [-0.05, 0) is 37.4 Å². The molecular weight excluding hydrogens is 328 g/mol. The van der Waals surface area contributed by atoms with Crippen LogP contribution in [0.25, 0.3) is 0 Å². The highest BCUT2D eigenvalue weighted by molar-refractivity contribution is 5.48. The number of likely N-dealkylation sites (tertiary alicyclic amines) is 1. The van der Waals surface area contributed by atoms with Gasteiger partial charge in [0.2, 0.25) is 0 Å². The molecule has 2 unspecified atom stereocenters. The maximum absolute atomic E-state index is 5.90. The molecule has 2 saturated heterocycles. The highest BCUT2D eigenvalue weighted by Crippen LogP contribution is 2.34. The molecule has 0 N–H and O–H groups in total. The number of para-hydroxylation sites is 1. The Kier molecular flexibility index (Phi) is 5.20. The molecule has 0 amide bonds. The molecule has 0 spiro atoms. The van der Waals surface area contributed by atoms with E-state index in [0.29, 0.717) is 11.9 Å². The Balaban J connectivity index is 1.37. The molecule has 2 atom stereocenters. The third-order valence-corrected chi connectivity index (χ3v) is 5.51. The van der Waals surface area contributed by atoms with E-state index in [0.717, 1.165) is 50.3 Å². The Hall–Kier alpha value is -2.34. The number of anilines is 1. The SMILES string of the molecule is COc1nccnc1N1CCC2CCN(CCOc3ccccc3)C2C1. The van der Waals surface area contributed by atoms with E-state index < -0.39 is 0 Å². The van der Waals surface area contributed by atoms with Crippen molar-refractivity contribution in [2.75, 3.05) is 44.8 Å². The van der Waals surface area contributed by atoms with E-state index in [2.05, 4.69) is 19.8 Å². The molecule has 1 aromatic carbocycles. The molecule has 2 aliphatic heterocycles. The summed E-state index contributed by atoms with van der Waals surface area (Å²) in [7, 11) is 1.66. The van der Waals surface area contributed by atoms with E-state index in [1.165, 1.54) is 12.8 Å². The van der Waals surface area contributed by atoms with Gasteiger partial charge in [0.05, 0.1) is 7.11 Å². The Morgan fingerprint density at radius 1 is 1.08 bits per heavy atom. The summed E-state index contributed by atoms with van der Waals surface area (Å²) < 4.78 is 11.3. The zero-order chi connectivity index (χ0) is 17.8. The number of methoxy groups -OCH3 is 1. The summed E-state index contributed by atoms with van der Waals surface area (Å²) in [4.78, 5) is 13.7. The van der Waals surface area contributed by atoms with Crippen LogP contribution in [0.2, 0.25) is 0 Å². The second kappa shape index (κ2) is 7.91. The van der Waals surface area contributed by atoms with Crippen LogP contribution in [0.1, 0.15) is 12.8 Å². The van der Waals surface area contributed by atoms with Crippen LogP contribution in [0.4, 0.5) is 5.82 Å².